The third kappa shape index (κ3) is 3.06. The minimum Gasteiger partial charge on any atom is -0.503 e. The van der Waals surface area contributed by atoms with Crippen LogP contribution in [0, 0.1) is 17.0 Å². The topological polar surface area (TPSA) is 97.6 Å². The summed E-state index contributed by atoms with van der Waals surface area (Å²) in [7, 11) is 0. The van der Waals surface area contributed by atoms with Gasteiger partial charge in [0.05, 0.1) is 11.5 Å². The van der Waals surface area contributed by atoms with Crippen molar-refractivity contribution >= 4 is 11.7 Å². The molecule has 0 radical (unpaired) electrons. The minimum absolute atomic E-state index is 0.0330. The van der Waals surface area contributed by atoms with E-state index in [0.717, 1.165) is 12.5 Å². The molecule has 1 saturated heterocycles. The first-order valence-corrected chi connectivity index (χ1v) is 10.4. The van der Waals surface area contributed by atoms with Gasteiger partial charge in [-0.05, 0) is 39.7 Å². The molecule has 9 heteroatoms. The number of aromatic nitrogens is 1. The Morgan fingerprint density at radius 1 is 1.31 bits per heavy atom. The molecule has 4 rings (SSSR count). The Hall–Kier alpha value is -3.07. The number of hydrogen-bond acceptors (Lipinski definition) is 5. The van der Waals surface area contributed by atoms with Crippen molar-refractivity contribution in [2.24, 2.45) is 5.41 Å². The number of amides is 1. The van der Waals surface area contributed by atoms with Gasteiger partial charge in [0, 0.05) is 31.0 Å². The molecular weight excluding hydrogens is 422 g/mol. The molecule has 0 bridgehead atoms. The van der Waals surface area contributed by atoms with Crippen molar-refractivity contribution < 1.29 is 28.2 Å². The predicted octanol–water partition coefficient (Wildman–Crippen LogP) is 3.09. The van der Waals surface area contributed by atoms with Gasteiger partial charge >= 0.3 is 0 Å². The standard InChI is InChI=1S/C23H24F2N2O5/c1-12-23(7-4-8-32-23)22(2,3)20(30)17-19(29)18(28)15(11-27(12)17)21(31)26-10-13-5-6-14(24)9-16(13)25/h5-6,9,11-12,29H,4,7-8,10H2,1-3H3,(H,26,31). The molecule has 1 spiro atoms. The van der Waals surface area contributed by atoms with Gasteiger partial charge in [-0.3, -0.25) is 14.4 Å². The highest BCUT2D eigenvalue weighted by atomic mass is 19.1. The van der Waals surface area contributed by atoms with Crippen LogP contribution in [0.2, 0.25) is 0 Å². The van der Waals surface area contributed by atoms with Crippen LogP contribution in [-0.2, 0) is 11.3 Å². The van der Waals surface area contributed by atoms with Crippen LogP contribution in [0.4, 0.5) is 8.78 Å². The molecule has 3 heterocycles. The number of aromatic hydroxyl groups is 1. The first-order chi connectivity index (χ1) is 15.0. The van der Waals surface area contributed by atoms with E-state index in [-0.39, 0.29) is 23.4 Å². The summed E-state index contributed by atoms with van der Waals surface area (Å²) in [6.07, 6.45) is 2.62. The smallest absolute Gasteiger partial charge is 0.257 e. The average molecular weight is 446 g/mol. The molecule has 0 aliphatic carbocycles. The highest BCUT2D eigenvalue weighted by molar-refractivity contribution is 6.04. The molecule has 7 nitrogen and oxygen atoms in total. The van der Waals surface area contributed by atoms with Gasteiger partial charge < -0.3 is 19.7 Å². The predicted molar refractivity (Wildman–Crippen MR) is 111 cm³/mol. The van der Waals surface area contributed by atoms with Crippen LogP contribution in [-0.4, -0.2) is 33.6 Å². The normalized spacial score (nSPS) is 23.9. The molecule has 1 aromatic carbocycles. The molecule has 2 aliphatic rings. The molecule has 0 saturated carbocycles. The molecule has 32 heavy (non-hydrogen) atoms. The van der Waals surface area contributed by atoms with Crippen molar-refractivity contribution in [3.05, 3.63) is 63.1 Å². The fourth-order valence-corrected chi connectivity index (χ4v) is 4.97. The lowest BCUT2D eigenvalue weighted by atomic mass is 9.63. The van der Waals surface area contributed by atoms with Crippen LogP contribution in [0.15, 0.2) is 29.2 Å². The Morgan fingerprint density at radius 2 is 2.03 bits per heavy atom. The van der Waals surface area contributed by atoms with Gasteiger partial charge in [0.15, 0.2) is 11.5 Å². The Kier molecular flexibility index (Phi) is 5.20. The van der Waals surface area contributed by atoms with Crippen molar-refractivity contribution in [2.75, 3.05) is 6.61 Å². The third-order valence-electron chi connectivity index (χ3n) is 6.89. The van der Waals surface area contributed by atoms with E-state index in [4.69, 9.17) is 4.74 Å². The fourth-order valence-electron chi connectivity index (χ4n) is 4.97. The van der Waals surface area contributed by atoms with Gasteiger partial charge in [0.1, 0.15) is 28.5 Å². The average Bonchev–Trinajstić information content (AvgIpc) is 3.24. The molecule has 2 N–H and O–H groups in total. The highest BCUT2D eigenvalue weighted by Gasteiger charge is 2.60. The molecule has 2 atom stereocenters. The van der Waals surface area contributed by atoms with E-state index in [9.17, 15) is 28.3 Å². The number of hydrogen-bond donors (Lipinski definition) is 2. The van der Waals surface area contributed by atoms with E-state index in [2.05, 4.69) is 5.32 Å². The summed E-state index contributed by atoms with van der Waals surface area (Å²) in [5.41, 5.74) is -3.34. The Labute approximate surface area is 183 Å². The molecule has 170 valence electrons. The van der Waals surface area contributed by atoms with Crippen molar-refractivity contribution in [3.8, 4) is 5.75 Å². The number of carbonyl (C=O) groups excluding carboxylic acids is 2. The van der Waals surface area contributed by atoms with E-state index < -0.39 is 51.6 Å². The number of fused-ring (bicyclic) bond motifs is 1. The van der Waals surface area contributed by atoms with Gasteiger partial charge in [0.25, 0.3) is 5.91 Å². The Bertz CT molecular complexity index is 1180. The second kappa shape index (κ2) is 7.51. The molecule has 2 aromatic rings. The number of ketones is 1. The maximum Gasteiger partial charge on any atom is 0.257 e. The first-order valence-electron chi connectivity index (χ1n) is 10.4. The van der Waals surface area contributed by atoms with Gasteiger partial charge in [-0.15, -0.1) is 0 Å². The number of carbonyl (C=O) groups is 2. The van der Waals surface area contributed by atoms with E-state index in [1.54, 1.807) is 13.8 Å². The number of nitrogens with one attached hydrogen (secondary N) is 1. The number of nitrogens with zero attached hydrogens (tertiary/aromatic N) is 1. The molecule has 1 fully saturated rings. The molecular formula is C23H24F2N2O5. The molecule has 2 unspecified atom stereocenters. The summed E-state index contributed by atoms with van der Waals surface area (Å²) in [6.45, 7) is 5.49. The third-order valence-corrected chi connectivity index (χ3v) is 6.89. The first kappa shape index (κ1) is 22.1. The molecule has 1 amide bonds. The molecule has 1 aromatic heterocycles. The Morgan fingerprint density at radius 3 is 2.66 bits per heavy atom. The fraction of sp³-hybridized carbons (Fsp3) is 0.435. The van der Waals surface area contributed by atoms with E-state index in [0.29, 0.717) is 19.1 Å². The van der Waals surface area contributed by atoms with Crippen LogP contribution >= 0.6 is 0 Å². The van der Waals surface area contributed by atoms with Gasteiger partial charge in [-0.25, -0.2) is 8.78 Å². The zero-order valence-corrected chi connectivity index (χ0v) is 18.0. The minimum atomic E-state index is -0.993. The maximum atomic E-state index is 13.9. The summed E-state index contributed by atoms with van der Waals surface area (Å²) >= 11 is 0. The summed E-state index contributed by atoms with van der Waals surface area (Å²) in [6, 6.07) is 2.49. The van der Waals surface area contributed by atoms with E-state index >= 15 is 0 Å². The van der Waals surface area contributed by atoms with Crippen molar-refractivity contribution in [1.29, 1.82) is 0 Å². The molecule has 2 aliphatic heterocycles. The number of rotatable bonds is 3. The monoisotopic (exact) mass is 446 g/mol. The van der Waals surface area contributed by atoms with Crippen molar-refractivity contribution in [3.63, 3.8) is 0 Å². The lowest BCUT2D eigenvalue weighted by molar-refractivity contribution is -0.108. The summed E-state index contributed by atoms with van der Waals surface area (Å²) in [5.74, 6) is -3.68. The number of Topliss-reactive ketones (excluding diaryl/α,β-unsaturated/α-hetero) is 1. The SMILES string of the molecule is CC1n2cc(C(=O)NCc3ccc(F)cc3F)c(=O)c(O)c2C(=O)C(C)(C)C12CCCO2. The summed E-state index contributed by atoms with van der Waals surface area (Å²) < 4.78 is 34.4. The second-order valence-electron chi connectivity index (χ2n) is 8.87. The van der Waals surface area contributed by atoms with Crippen molar-refractivity contribution in [2.45, 2.75) is 51.8 Å². The van der Waals surface area contributed by atoms with Crippen LogP contribution in [0.1, 0.15) is 66.1 Å². The number of pyridine rings is 1. The van der Waals surface area contributed by atoms with Gasteiger partial charge in [0.2, 0.25) is 5.43 Å². The summed E-state index contributed by atoms with van der Waals surface area (Å²) in [4.78, 5) is 38.8. The quantitative estimate of drug-likeness (QED) is 0.755. The van der Waals surface area contributed by atoms with Crippen LogP contribution in [0.25, 0.3) is 0 Å². The zero-order chi connectivity index (χ0) is 23.4. The number of halogens is 2. The number of benzene rings is 1. The lowest BCUT2D eigenvalue weighted by Gasteiger charge is -2.51. The van der Waals surface area contributed by atoms with Crippen molar-refractivity contribution in [1.82, 2.24) is 9.88 Å². The van der Waals surface area contributed by atoms with Crippen LogP contribution in [0.3, 0.4) is 0 Å². The maximum absolute atomic E-state index is 13.9. The zero-order valence-electron chi connectivity index (χ0n) is 18.0. The van der Waals surface area contributed by atoms with Crippen LogP contribution < -0.4 is 10.7 Å². The van der Waals surface area contributed by atoms with Gasteiger partial charge in [-0.1, -0.05) is 6.07 Å². The number of ether oxygens (including phenoxy) is 1. The van der Waals surface area contributed by atoms with E-state index in [1.165, 1.54) is 16.8 Å². The second-order valence-corrected chi connectivity index (χ2v) is 8.87. The highest BCUT2D eigenvalue weighted by Crippen LogP contribution is 2.54. The summed E-state index contributed by atoms with van der Waals surface area (Å²) in [5, 5.41) is 13.0. The largest absolute Gasteiger partial charge is 0.503 e. The Balaban J connectivity index is 1.73. The lowest BCUT2D eigenvalue weighted by Crippen LogP contribution is -2.58. The van der Waals surface area contributed by atoms with Crippen LogP contribution in [0.5, 0.6) is 5.75 Å². The van der Waals surface area contributed by atoms with Gasteiger partial charge in [-0.2, -0.15) is 0 Å². The van der Waals surface area contributed by atoms with E-state index in [1.807, 2.05) is 6.92 Å².